The topological polar surface area (TPSA) is 46.6 Å². The van der Waals surface area contributed by atoms with E-state index in [2.05, 4.69) is 0 Å². The average molecular weight is 219 g/mol. The molecule has 1 amide bonds. The second-order valence-electron chi connectivity index (χ2n) is 3.66. The van der Waals surface area contributed by atoms with Crippen molar-refractivity contribution in [2.45, 2.75) is 13.3 Å². The summed E-state index contributed by atoms with van der Waals surface area (Å²) in [6.07, 6.45) is 0.360. The number of ether oxygens (including phenoxy) is 1. The Hall–Kier alpha value is -1.84. The first-order chi connectivity index (χ1) is 7.65. The lowest BCUT2D eigenvalue weighted by Crippen LogP contribution is -2.22. The Balaban J connectivity index is 2.46. The summed E-state index contributed by atoms with van der Waals surface area (Å²) in [6.45, 7) is 2.09. The van der Waals surface area contributed by atoms with Gasteiger partial charge in [-0.05, 0) is 18.6 Å². The largest absolute Gasteiger partial charge is 0.462 e. The summed E-state index contributed by atoms with van der Waals surface area (Å²) >= 11 is 0. The number of benzene rings is 1. The number of rotatable bonds is 2. The Morgan fingerprint density at radius 2 is 2.25 bits per heavy atom. The van der Waals surface area contributed by atoms with Crippen molar-refractivity contribution in [1.29, 1.82) is 0 Å². The molecule has 1 aromatic rings. The van der Waals surface area contributed by atoms with Crippen molar-refractivity contribution in [3.05, 3.63) is 29.3 Å². The Kier molecular flexibility index (Phi) is 2.64. The number of carbonyl (C=O) groups excluding carboxylic acids is 2. The van der Waals surface area contributed by atoms with Crippen molar-refractivity contribution in [3.8, 4) is 0 Å². The minimum atomic E-state index is -0.374. The number of fused-ring (bicyclic) bond motifs is 1. The van der Waals surface area contributed by atoms with Gasteiger partial charge < -0.3 is 9.64 Å². The molecule has 4 nitrogen and oxygen atoms in total. The molecule has 0 aromatic heterocycles. The first-order valence-corrected chi connectivity index (χ1v) is 5.20. The van der Waals surface area contributed by atoms with E-state index in [1.54, 1.807) is 26.1 Å². The maximum absolute atomic E-state index is 11.7. The van der Waals surface area contributed by atoms with Crippen molar-refractivity contribution in [3.63, 3.8) is 0 Å². The number of para-hydroxylation sites is 1. The van der Waals surface area contributed by atoms with Crippen LogP contribution in [0.1, 0.15) is 22.8 Å². The van der Waals surface area contributed by atoms with Crippen LogP contribution in [0.3, 0.4) is 0 Å². The standard InChI is InChI=1S/C12H13NO3/c1-3-16-12(15)9-6-4-5-8-7-10(14)13(2)11(8)9/h4-6H,3,7H2,1-2H3. The lowest BCUT2D eigenvalue weighted by molar-refractivity contribution is -0.117. The molecular weight excluding hydrogens is 206 g/mol. The molecule has 84 valence electrons. The molecule has 0 N–H and O–H groups in total. The third kappa shape index (κ3) is 1.56. The zero-order valence-electron chi connectivity index (χ0n) is 9.32. The first-order valence-electron chi connectivity index (χ1n) is 5.20. The fraction of sp³-hybridized carbons (Fsp3) is 0.333. The van der Waals surface area contributed by atoms with Crippen molar-refractivity contribution >= 4 is 17.6 Å². The van der Waals surface area contributed by atoms with E-state index in [1.165, 1.54) is 4.90 Å². The van der Waals surface area contributed by atoms with Crippen LogP contribution in [0.2, 0.25) is 0 Å². The second kappa shape index (κ2) is 3.96. The number of hydrogen-bond acceptors (Lipinski definition) is 3. The molecule has 0 saturated heterocycles. The molecule has 0 unspecified atom stereocenters. The molecule has 1 aliphatic heterocycles. The summed E-state index contributed by atoms with van der Waals surface area (Å²) in [5.74, 6) is -0.368. The van der Waals surface area contributed by atoms with Crippen LogP contribution < -0.4 is 4.90 Å². The molecular formula is C12H13NO3. The molecule has 0 atom stereocenters. The maximum atomic E-state index is 11.7. The lowest BCUT2D eigenvalue weighted by Gasteiger charge is -2.14. The highest BCUT2D eigenvalue weighted by molar-refractivity contribution is 6.08. The Morgan fingerprint density at radius 3 is 2.94 bits per heavy atom. The van der Waals surface area contributed by atoms with Gasteiger partial charge >= 0.3 is 5.97 Å². The summed E-state index contributed by atoms with van der Waals surface area (Å²) in [6, 6.07) is 5.32. The van der Waals surface area contributed by atoms with Gasteiger partial charge in [0.1, 0.15) is 0 Å². The van der Waals surface area contributed by atoms with Crippen LogP contribution >= 0.6 is 0 Å². The molecule has 1 heterocycles. The van der Waals surface area contributed by atoms with E-state index in [1.807, 2.05) is 6.07 Å². The van der Waals surface area contributed by atoms with Crippen LogP contribution in [-0.2, 0) is 16.0 Å². The minimum Gasteiger partial charge on any atom is -0.462 e. The summed E-state index contributed by atoms with van der Waals surface area (Å²) in [7, 11) is 1.68. The molecule has 16 heavy (non-hydrogen) atoms. The predicted molar refractivity (Wildman–Crippen MR) is 59.5 cm³/mol. The van der Waals surface area contributed by atoms with Crippen LogP contribution in [0, 0.1) is 0 Å². The van der Waals surface area contributed by atoms with Crippen LogP contribution in [-0.4, -0.2) is 25.5 Å². The smallest absolute Gasteiger partial charge is 0.340 e. The molecule has 0 aliphatic carbocycles. The van der Waals surface area contributed by atoms with E-state index in [9.17, 15) is 9.59 Å². The quantitative estimate of drug-likeness (QED) is 0.706. The van der Waals surface area contributed by atoms with Crippen LogP contribution in [0.4, 0.5) is 5.69 Å². The zero-order chi connectivity index (χ0) is 11.7. The van der Waals surface area contributed by atoms with E-state index < -0.39 is 0 Å². The van der Waals surface area contributed by atoms with E-state index in [0.717, 1.165) is 5.56 Å². The minimum absolute atomic E-state index is 0.00625. The van der Waals surface area contributed by atoms with Gasteiger partial charge in [0.15, 0.2) is 0 Å². The first kappa shape index (κ1) is 10.7. The van der Waals surface area contributed by atoms with Gasteiger partial charge in [-0.25, -0.2) is 4.79 Å². The number of anilines is 1. The summed E-state index contributed by atoms with van der Waals surface area (Å²) in [5, 5.41) is 0. The highest BCUT2D eigenvalue weighted by Crippen LogP contribution is 2.31. The zero-order valence-corrected chi connectivity index (χ0v) is 9.32. The van der Waals surface area contributed by atoms with Gasteiger partial charge in [-0.2, -0.15) is 0 Å². The molecule has 0 radical (unpaired) electrons. The third-order valence-corrected chi connectivity index (χ3v) is 2.67. The van der Waals surface area contributed by atoms with Crippen molar-refractivity contribution < 1.29 is 14.3 Å². The SMILES string of the molecule is CCOC(=O)c1cccc2c1N(C)C(=O)C2. The van der Waals surface area contributed by atoms with E-state index in [-0.39, 0.29) is 11.9 Å². The van der Waals surface area contributed by atoms with Crippen molar-refractivity contribution in [1.82, 2.24) is 0 Å². The lowest BCUT2D eigenvalue weighted by atomic mass is 10.1. The average Bonchev–Trinajstić information content (AvgIpc) is 2.55. The van der Waals surface area contributed by atoms with Gasteiger partial charge in [-0.15, -0.1) is 0 Å². The van der Waals surface area contributed by atoms with Crippen molar-refractivity contribution in [2.75, 3.05) is 18.6 Å². The van der Waals surface area contributed by atoms with E-state index in [0.29, 0.717) is 24.3 Å². The fourth-order valence-electron chi connectivity index (χ4n) is 1.91. The van der Waals surface area contributed by atoms with Gasteiger partial charge in [0.2, 0.25) is 5.91 Å². The predicted octanol–water partition coefficient (Wildman–Crippen LogP) is 1.38. The van der Waals surface area contributed by atoms with Gasteiger partial charge in [-0.1, -0.05) is 12.1 Å². The number of nitrogens with zero attached hydrogens (tertiary/aromatic N) is 1. The molecule has 1 aliphatic rings. The molecule has 2 rings (SSSR count). The molecule has 0 fully saturated rings. The van der Waals surface area contributed by atoms with Crippen LogP contribution in [0.5, 0.6) is 0 Å². The van der Waals surface area contributed by atoms with Crippen LogP contribution in [0.25, 0.3) is 0 Å². The number of hydrogen-bond donors (Lipinski definition) is 0. The Bertz CT molecular complexity index is 454. The number of carbonyl (C=O) groups is 2. The second-order valence-corrected chi connectivity index (χ2v) is 3.66. The number of esters is 1. The summed E-state index contributed by atoms with van der Waals surface area (Å²) in [5.41, 5.74) is 2.04. The molecule has 0 bridgehead atoms. The molecule has 1 aromatic carbocycles. The monoisotopic (exact) mass is 219 g/mol. The van der Waals surface area contributed by atoms with Gasteiger partial charge in [0, 0.05) is 7.05 Å². The Morgan fingerprint density at radius 1 is 1.50 bits per heavy atom. The van der Waals surface area contributed by atoms with Crippen LogP contribution in [0.15, 0.2) is 18.2 Å². The highest BCUT2D eigenvalue weighted by atomic mass is 16.5. The Labute approximate surface area is 93.8 Å². The van der Waals surface area contributed by atoms with Gasteiger partial charge in [-0.3, -0.25) is 4.79 Å². The van der Waals surface area contributed by atoms with E-state index >= 15 is 0 Å². The highest BCUT2D eigenvalue weighted by Gasteiger charge is 2.28. The summed E-state index contributed by atoms with van der Waals surface area (Å²) < 4.78 is 4.96. The van der Waals surface area contributed by atoms with E-state index in [4.69, 9.17) is 4.74 Å². The molecule has 4 heteroatoms. The molecule has 0 spiro atoms. The maximum Gasteiger partial charge on any atom is 0.340 e. The summed E-state index contributed by atoms with van der Waals surface area (Å²) in [4.78, 5) is 24.7. The number of amides is 1. The van der Waals surface area contributed by atoms with Gasteiger partial charge in [0.25, 0.3) is 0 Å². The third-order valence-electron chi connectivity index (χ3n) is 2.67. The van der Waals surface area contributed by atoms with Gasteiger partial charge in [0.05, 0.1) is 24.3 Å². The normalized spacial score (nSPS) is 13.9. The van der Waals surface area contributed by atoms with Crippen molar-refractivity contribution in [2.24, 2.45) is 0 Å². The number of likely N-dealkylation sites (N-methyl/N-ethyl adjacent to an activating group) is 1. The molecule has 0 saturated carbocycles. The fourth-order valence-corrected chi connectivity index (χ4v) is 1.91.